The fraction of sp³-hybridized carbons (Fsp3) is 0.0455. The quantitative estimate of drug-likeness (QED) is 0.215. The monoisotopic (exact) mass is 402 g/mol. The molecule has 2 amide bonds. The van der Waals surface area contributed by atoms with Crippen molar-refractivity contribution in [1.82, 2.24) is 0 Å². The lowest BCUT2D eigenvalue weighted by Crippen LogP contribution is -2.29. The SMILES string of the molecule is Cc1cccc(N2C(=O)c3ccc(C(=O)Oc4cccc([N+](=O)[O-])c4)cc3C2=O)c1. The molecule has 148 valence electrons. The lowest BCUT2D eigenvalue weighted by atomic mass is 10.1. The van der Waals surface area contributed by atoms with Gasteiger partial charge in [-0.05, 0) is 48.9 Å². The standard InChI is InChI=1S/C22H14N2O6/c1-13-4-2-5-15(10-13)23-20(25)18-9-8-14(11-19(18)21(23)26)22(27)30-17-7-3-6-16(12-17)24(28)29/h2-12H,1H3. The third-order valence-electron chi connectivity index (χ3n) is 4.62. The number of imide groups is 1. The molecular weight excluding hydrogens is 388 g/mol. The average molecular weight is 402 g/mol. The predicted octanol–water partition coefficient (Wildman–Crippen LogP) is 3.92. The molecule has 0 saturated heterocycles. The lowest BCUT2D eigenvalue weighted by Gasteiger charge is -2.14. The highest BCUT2D eigenvalue weighted by Gasteiger charge is 2.37. The zero-order chi connectivity index (χ0) is 21.4. The molecule has 1 aliphatic rings. The van der Waals surface area contributed by atoms with E-state index in [4.69, 9.17) is 4.74 Å². The van der Waals surface area contributed by atoms with Crippen molar-refractivity contribution in [3.63, 3.8) is 0 Å². The second-order valence-electron chi connectivity index (χ2n) is 6.69. The highest BCUT2D eigenvalue weighted by Crippen LogP contribution is 2.30. The van der Waals surface area contributed by atoms with Crippen molar-refractivity contribution in [2.75, 3.05) is 4.90 Å². The summed E-state index contributed by atoms with van der Waals surface area (Å²) < 4.78 is 5.19. The highest BCUT2D eigenvalue weighted by molar-refractivity contribution is 6.34. The van der Waals surface area contributed by atoms with Gasteiger partial charge in [-0.15, -0.1) is 0 Å². The van der Waals surface area contributed by atoms with E-state index in [2.05, 4.69) is 0 Å². The second-order valence-corrected chi connectivity index (χ2v) is 6.69. The normalized spacial score (nSPS) is 12.6. The van der Waals surface area contributed by atoms with Gasteiger partial charge in [-0.25, -0.2) is 9.69 Å². The lowest BCUT2D eigenvalue weighted by molar-refractivity contribution is -0.384. The smallest absolute Gasteiger partial charge is 0.343 e. The molecular formula is C22H14N2O6. The van der Waals surface area contributed by atoms with E-state index in [1.807, 2.05) is 13.0 Å². The molecule has 0 aliphatic carbocycles. The van der Waals surface area contributed by atoms with Crippen molar-refractivity contribution >= 4 is 29.2 Å². The van der Waals surface area contributed by atoms with Crippen LogP contribution in [0.1, 0.15) is 36.6 Å². The Morgan fingerprint density at radius 2 is 1.67 bits per heavy atom. The van der Waals surface area contributed by atoms with Crippen LogP contribution in [0, 0.1) is 17.0 Å². The van der Waals surface area contributed by atoms with Crippen LogP contribution in [0.15, 0.2) is 66.7 Å². The number of amides is 2. The second kappa shape index (κ2) is 7.25. The van der Waals surface area contributed by atoms with Gasteiger partial charge in [-0.3, -0.25) is 19.7 Å². The first kappa shape index (κ1) is 19.0. The van der Waals surface area contributed by atoms with Crippen LogP contribution in [0.5, 0.6) is 5.75 Å². The number of nitro benzene ring substituents is 1. The summed E-state index contributed by atoms with van der Waals surface area (Å²) in [5.74, 6) is -1.81. The molecule has 0 atom stereocenters. The first-order valence-corrected chi connectivity index (χ1v) is 8.91. The third-order valence-corrected chi connectivity index (χ3v) is 4.62. The molecule has 8 heteroatoms. The van der Waals surface area contributed by atoms with E-state index in [1.165, 1.54) is 36.4 Å². The number of anilines is 1. The van der Waals surface area contributed by atoms with Crippen molar-refractivity contribution in [3.05, 3.63) is 99.1 Å². The van der Waals surface area contributed by atoms with Gasteiger partial charge in [0.1, 0.15) is 5.75 Å². The Labute approximate surface area is 170 Å². The molecule has 8 nitrogen and oxygen atoms in total. The van der Waals surface area contributed by atoms with E-state index < -0.39 is 22.7 Å². The van der Waals surface area contributed by atoms with Crippen molar-refractivity contribution < 1.29 is 24.0 Å². The zero-order valence-electron chi connectivity index (χ0n) is 15.7. The van der Waals surface area contributed by atoms with Crippen LogP contribution in [0.2, 0.25) is 0 Å². The van der Waals surface area contributed by atoms with Crippen molar-refractivity contribution in [3.8, 4) is 5.75 Å². The molecule has 3 aromatic carbocycles. The van der Waals surface area contributed by atoms with Gasteiger partial charge >= 0.3 is 5.97 Å². The van der Waals surface area contributed by atoms with Crippen LogP contribution in [0.3, 0.4) is 0 Å². The van der Waals surface area contributed by atoms with Crippen LogP contribution in [-0.2, 0) is 0 Å². The highest BCUT2D eigenvalue weighted by atomic mass is 16.6. The molecule has 1 aliphatic heterocycles. The molecule has 30 heavy (non-hydrogen) atoms. The minimum absolute atomic E-state index is 0.00140. The van der Waals surface area contributed by atoms with E-state index >= 15 is 0 Å². The number of fused-ring (bicyclic) bond motifs is 1. The molecule has 0 saturated carbocycles. The number of hydrogen-bond acceptors (Lipinski definition) is 6. The summed E-state index contributed by atoms with van der Waals surface area (Å²) in [7, 11) is 0. The van der Waals surface area contributed by atoms with Crippen LogP contribution < -0.4 is 9.64 Å². The first-order valence-electron chi connectivity index (χ1n) is 8.91. The van der Waals surface area contributed by atoms with Gasteiger partial charge in [0.05, 0.1) is 33.4 Å². The minimum atomic E-state index is -0.799. The van der Waals surface area contributed by atoms with Gasteiger partial charge in [-0.2, -0.15) is 0 Å². The summed E-state index contributed by atoms with van der Waals surface area (Å²) >= 11 is 0. The van der Waals surface area contributed by atoms with Gasteiger partial charge in [0.15, 0.2) is 0 Å². The van der Waals surface area contributed by atoms with Crippen LogP contribution in [0.25, 0.3) is 0 Å². The van der Waals surface area contributed by atoms with Crippen molar-refractivity contribution in [2.24, 2.45) is 0 Å². The number of non-ortho nitro benzene ring substituents is 1. The number of esters is 1. The van der Waals surface area contributed by atoms with Crippen molar-refractivity contribution in [2.45, 2.75) is 6.92 Å². The average Bonchev–Trinajstić information content (AvgIpc) is 2.98. The maximum absolute atomic E-state index is 12.8. The molecule has 1 heterocycles. The zero-order valence-corrected chi connectivity index (χ0v) is 15.7. The van der Waals surface area contributed by atoms with Crippen LogP contribution in [-0.4, -0.2) is 22.7 Å². The fourth-order valence-corrected chi connectivity index (χ4v) is 3.20. The Morgan fingerprint density at radius 1 is 0.933 bits per heavy atom. The molecule has 0 radical (unpaired) electrons. The van der Waals surface area contributed by atoms with Gasteiger partial charge < -0.3 is 4.74 Å². The summed E-state index contributed by atoms with van der Waals surface area (Å²) in [4.78, 5) is 49.4. The molecule has 0 bridgehead atoms. The molecule has 0 unspecified atom stereocenters. The maximum Gasteiger partial charge on any atom is 0.343 e. The molecule has 0 spiro atoms. The summed E-state index contributed by atoms with van der Waals surface area (Å²) in [6.45, 7) is 1.85. The number of nitrogens with zero attached hydrogens (tertiary/aromatic N) is 2. The topological polar surface area (TPSA) is 107 Å². The molecule has 0 aromatic heterocycles. The molecule has 3 aromatic rings. The summed E-state index contributed by atoms with van der Waals surface area (Å²) in [6, 6.07) is 16.3. The summed E-state index contributed by atoms with van der Waals surface area (Å²) in [5.41, 5.74) is 1.45. The molecule has 4 rings (SSSR count). The Hall–Kier alpha value is -4.33. The summed E-state index contributed by atoms with van der Waals surface area (Å²) in [6.07, 6.45) is 0. The first-order chi connectivity index (χ1) is 14.3. The number of hydrogen-bond donors (Lipinski definition) is 0. The largest absolute Gasteiger partial charge is 0.423 e. The van der Waals surface area contributed by atoms with Crippen LogP contribution in [0.4, 0.5) is 11.4 Å². The Balaban J connectivity index is 1.62. The minimum Gasteiger partial charge on any atom is -0.423 e. The van der Waals surface area contributed by atoms with E-state index in [0.29, 0.717) is 5.69 Å². The Bertz CT molecular complexity index is 1230. The fourth-order valence-electron chi connectivity index (χ4n) is 3.20. The van der Waals surface area contributed by atoms with Gasteiger partial charge in [-0.1, -0.05) is 18.2 Å². The van der Waals surface area contributed by atoms with Crippen LogP contribution >= 0.6 is 0 Å². The molecule has 0 fully saturated rings. The third kappa shape index (κ3) is 3.30. The number of nitro groups is 1. The van der Waals surface area contributed by atoms with E-state index in [0.717, 1.165) is 16.5 Å². The van der Waals surface area contributed by atoms with Gasteiger partial charge in [0, 0.05) is 6.07 Å². The van der Waals surface area contributed by atoms with E-state index in [-0.39, 0.29) is 28.1 Å². The number of carbonyl (C=O) groups is 3. The van der Waals surface area contributed by atoms with E-state index in [9.17, 15) is 24.5 Å². The Morgan fingerprint density at radius 3 is 2.40 bits per heavy atom. The van der Waals surface area contributed by atoms with Crippen molar-refractivity contribution in [1.29, 1.82) is 0 Å². The number of rotatable bonds is 4. The number of carbonyl (C=O) groups excluding carboxylic acids is 3. The Kier molecular flexibility index (Phi) is 4.59. The molecule has 0 N–H and O–H groups in total. The predicted molar refractivity (Wildman–Crippen MR) is 107 cm³/mol. The van der Waals surface area contributed by atoms with Gasteiger partial charge in [0.25, 0.3) is 17.5 Å². The number of aryl methyl sites for hydroxylation is 1. The number of ether oxygens (including phenoxy) is 1. The van der Waals surface area contributed by atoms with E-state index in [1.54, 1.807) is 18.2 Å². The number of benzene rings is 3. The summed E-state index contributed by atoms with van der Waals surface area (Å²) in [5, 5.41) is 10.9. The maximum atomic E-state index is 12.8. The van der Waals surface area contributed by atoms with Gasteiger partial charge in [0.2, 0.25) is 0 Å².